The number of phosphoric acid groups is 2. The summed E-state index contributed by atoms with van der Waals surface area (Å²) in [7, 11) is -8.49. The Balaban J connectivity index is 0. The lowest BCUT2D eigenvalue weighted by molar-refractivity contribution is 0.145. The van der Waals surface area contributed by atoms with E-state index in [2.05, 4.69) is 13.8 Å². The van der Waals surface area contributed by atoms with Gasteiger partial charge in [0.15, 0.2) is 0 Å². The van der Waals surface area contributed by atoms with E-state index in [9.17, 15) is 9.46 Å². The van der Waals surface area contributed by atoms with Gasteiger partial charge in [0.25, 0.3) is 0 Å². The Bertz CT molecular complexity index is 461. The van der Waals surface area contributed by atoms with Gasteiger partial charge in [0.1, 0.15) is 0 Å². The molecule has 0 aliphatic heterocycles. The largest absolute Gasteiger partial charge is 0.472 e. The maximum atomic E-state index is 11.8. The highest BCUT2D eigenvalue weighted by Crippen LogP contribution is 2.43. The zero-order valence-electron chi connectivity index (χ0n) is 21.9. The van der Waals surface area contributed by atoms with Crippen molar-refractivity contribution in [3.63, 3.8) is 0 Å². The maximum absolute atomic E-state index is 11.8. The van der Waals surface area contributed by atoms with E-state index in [1.54, 1.807) is 0 Å². The van der Waals surface area contributed by atoms with E-state index in [0.717, 1.165) is 25.7 Å². The lowest BCUT2D eigenvalue weighted by Crippen LogP contribution is -1.99. The minimum absolute atomic E-state index is 0.322. The van der Waals surface area contributed by atoms with Crippen LogP contribution in [0.4, 0.5) is 0 Å². The second-order valence-corrected chi connectivity index (χ2v) is 11.5. The van der Waals surface area contributed by atoms with Crippen molar-refractivity contribution in [2.75, 3.05) is 13.2 Å². The van der Waals surface area contributed by atoms with Gasteiger partial charge < -0.3 is 19.6 Å². The molecule has 0 aliphatic rings. The average Bonchev–Trinajstić information content (AvgIpc) is 2.74. The lowest BCUT2D eigenvalue weighted by atomic mass is 10.1. The van der Waals surface area contributed by atoms with Gasteiger partial charge in [0.05, 0.1) is 13.2 Å². The Kier molecular flexibility index (Phi) is 28.1. The summed E-state index contributed by atoms with van der Waals surface area (Å²) in [6.45, 7) is 5.14. The third-order valence-corrected chi connectivity index (χ3v) is 6.52. The van der Waals surface area contributed by atoms with Gasteiger partial charge in [0.2, 0.25) is 0 Å². The van der Waals surface area contributed by atoms with Crippen molar-refractivity contribution in [3.8, 4) is 0 Å². The maximum Gasteiger partial charge on any atom is 0.472 e. The minimum Gasteiger partial charge on any atom is -0.303 e. The molecule has 0 aromatic carbocycles. The molecule has 0 unspecified atom stereocenters. The first-order valence-corrected chi connectivity index (χ1v) is 16.6. The van der Waals surface area contributed by atoms with Gasteiger partial charge in [-0.15, -0.1) is 0 Å². The second-order valence-electron chi connectivity index (χ2n) is 9.01. The van der Waals surface area contributed by atoms with E-state index in [4.69, 9.17) is 28.3 Å². The SMILES string of the molecule is CCCCCCCCCCCCOP(=O)(O)OCCCCCCCCCCCC.O=P(O)(O)O. The molecule has 0 spiro atoms. The van der Waals surface area contributed by atoms with E-state index in [1.807, 2.05) is 0 Å². The number of hydrogen-bond donors (Lipinski definition) is 4. The van der Waals surface area contributed by atoms with E-state index in [1.165, 1.54) is 103 Å². The first-order valence-electron chi connectivity index (χ1n) is 13.5. The Labute approximate surface area is 209 Å². The number of hydrogen-bond acceptors (Lipinski definition) is 4. The van der Waals surface area contributed by atoms with Gasteiger partial charge in [-0.2, -0.15) is 0 Å². The molecule has 0 rings (SSSR count). The van der Waals surface area contributed by atoms with Crippen LogP contribution in [-0.4, -0.2) is 32.8 Å². The summed E-state index contributed by atoms with van der Waals surface area (Å²) in [6.07, 6.45) is 24.8. The summed E-state index contributed by atoms with van der Waals surface area (Å²) in [6, 6.07) is 0. The van der Waals surface area contributed by atoms with Crippen molar-refractivity contribution in [2.24, 2.45) is 0 Å². The van der Waals surface area contributed by atoms with E-state index >= 15 is 0 Å². The fourth-order valence-corrected chi connectivity index (χ4v) is 4.37. The quantitative estimate of drug-likeness (QED) is 0.0725. The smallest absolute Gasteiger partial charge is 0.303 e. The summed E-state index contributed by atoms with van der Waals surface area (Å²) < 4.78 is 30.9. The number of unbranched alkanes of at least 4 members (excludes halogenated alkanes) is 18. The molecule has 0 bridgehead atoms. The highest BCUT2D eigenvalue weighted by Gasteiger charge is 2.19. The molecule has 4 N–H and O–H groups in total. The molecule has 34 heavy (non-hydrogen) atoms. The molecule has 0 atom stereocenters. The van der Waals surface area contributed by atoms with Gasteiger partial charge in [-0.05, 0) is 12.8 Å². The first-order chi connectivity index (χ1) is 16.1. The van der Waals surface area contributed by atoms with Crippen LogP contribution in [0.2, 0.25) is 0 Å². The normalized spacial score (nSPS) is 11.9. The summed E-state index contributed by atoms with van der Waals surface area (Å²) in [5.41, 5.74) is 0. The molecule has 0 aromatic heterocycles. The monoisotopic (exact) mass is 532 g/mol. The lowest BCUT2D eigenvalue weighted by Gasteiger charge is -2.12. The Morgan fingerprint density at radius 2 is 0.647 bits per heavy atom. The van der Waals surface area contributed by atoms with Gasteiger partial charge in [-0.25, -0.2) is 9.13 Å². The van der Waals surface area contributed by atoms with Gasteiger partial charge in [-0.1, -0.05) is 129 Å². The molecule has 0 aromatic rings. The van der Waals surface area contributed by atoms with Crippen molar-refractivity contribution in [1.82, 2.24) is 0 Å². The third kappa shape index (κ3) is 39.4. The van der Waals surface area contributed by atoms with Crippen LogP contribution in [0, 0.1) is 0 Å². The summed E-state index contributed by atoms with van der Waals surface area (Å²) in [4.78, 5) is 31.3. The van der Waals surface area contributed by atoms with Crippen LogP contribution in [0.15, 0.2) is 0 Å². The van der Waals surface area contributed by atoms with E-state index in [0.29, 0.717) is 13.2 Å². The third-order valence-electron chi connectivity index (χ3n) is 5.50. The van der Waals surface area contributed by atoms with Crippen molar-refractivity contribution in [3.05, 3.63) is 0 Å². The average molecular weight is 533 g/mol. The molecule has 0 saturated heterocycles. The van der Waals surface area contributed by atoms with Crippen LogP contribution in [-0.2, 0) is 18.2 Å². The first kappa shape index (κ1) is 36.4. The predicted molar refractivity (Wildman–Crippen MR) is 140 cm³/mol. The molecule has 0 amide bonds. The van der Waals surface area contributed by atoms with E-state index in [-0.39, 0.29) is 0 Å². The molecule has 0 saturated carbocycles. The van der Waals surface area contributed by atoms with Crippen LogP contribution in [0.5, 0.6) is 0 Å². The molecule has 0 fully saturated rings. The fraction of sp³-hybridized carbons (Fsp3) is 1.00. The van der Waals surface area contributed by atoms with Crippen LogP contribution >= 0.6 is 15.6 Å². The van der Waals surface area contributed by atoms with E-state index < -0.39 is 15.6 Å². The number of phosphoric ester groups is 1. The molecule has 0 radical (unpaired) electrons. The minimum atomic E-state index is -4.64. The highest BCUT2D eigenvalue weighted by atomic mass is 31.2. The molecule has 0 heterocycles. The van der Waals surface area contributed by atoms with Crippen LogP contribution in [0.1, 0.15) is 142 Å². The molecule has 8 nitrogen and oxygen atoms in total. The Morgan fingerprint density at radius 1 is 0.441 bits per heavy atom. The van der Waals surface area contributed by atoms with Crippen molar-refractivity contribution >= 4 is 15.6 Å². The second kappa shape index (κ2) is 26.3. The van der Waals surface area contributed by atoms with Gasteiger partial charge in [0, 0.05) is 0 Å². The summed E-state index contributed by atoms with van der Waals surface area (Å²) in [5, 5.41) is 0. The predicted octanol–water partition coefficient (Wildman–Crippen LogP) is 8.03. The molecular weight excluding hydrogens is 478 g/mol. The van der Waals surface area contributed by atoms with Crippen LogP contribution in [0.3, 0.4) is 0 Å². The standard InChI is InChI=1S/C24H51O4P.H3O4P/c1-3-5-7-9-11-13-15-17-19-21-23-27-29(25,26)28-24-22-20-18-16-14-12-10-8-6-4-2;1-5(2,3)4/h3-24H2,1-2H3,(H,25,26);(H3,1,2,3,4). The van der Waals surface area contributed by atoms with Crippen LogP contribution in [0.25, 0.3) is 0 Å². The van der Waals surface area contributed by atoms with Crippen molar-refractivity contribution < 1.29 is 37.8 Å². The van der Waals surface area contributed by atoms with Crippen LogP contribution < -0.4 is 0 Å². The van der Waals surface area contributed by atoms with Gasteiger partial charge >= 0.3 is 15.6 Å². The number of rotatable bonds is 24. The zero-order valence-corrected chi connectivity index (χ0v) is 23.7. The molecule has 208 valence electrons. The Morgan fingerprint density at radius 3 is 0.882 bits per heavy atom. The Hall–Kier alpha value is 0.220. The molecule has 0 aliphatic carbocycles. The molecular formula is C24H54O8P2. The van der Waals surface area contributed by atoms with Gasteiger partial charge in [-0.3, -0.25) is 9.05 Å². The highest BCUT2D eigenvalue weighted by molar-refractivity contribution is 7.47. The molecule has 10 heteroatoms. The summed E-state index contributed by atoms with van der Waals surface area (Å²) >= 11 is 0. The topological polar surface area (TPSA) is 134 Å². The summed E-state index contributed by atoms with van der Waals surface area (Å²) in [5.74, 6) is 0. The van der Waals surface area contributed by atoms with Crippen molar-refractivity contribution in [2.45, 2.75) is 142 Å². The fourth-order valence-electron chi connectivity index (χ4n) is 3.58. The zero-order chi connectivity index (χ0) is 26.0. The van der Waals surface area contributed by atoms with Crippen molar-refractivity contribution in [1.29, 1.82) is 0 Å².